The number of nitrogens with zero attached hydrogens (tertiary/aromatic N) is 1. The summed E-state index contributed by atoms with van der Waals surface area (Å²) in [5.74, 6) is 0.0536. The van der Waals surface area contributed by atoms with Gasteiger partial charge in [0.1, 0.15) is 6.54 Å². The molecular weight excluding hydrogens is 214 g/mol. The topological polar surface area (TPSA) is 40.3 Å². The van der Waals surface area contributed by atoms with Crippen molar-refractivity contribution in [3.8, 4) is 0 Å². The van der Waals surface area contributed by atoms with Crippen molar-refractivity contribution in [2.45, 2.75) is 44.8 Å². The van der Waals surface area contributed by atoms with Crippen LogP contribution in [0.2, 0.25) is 0 Å². The Morgan fingerprint density at radius 1 is 1.35 bits per heavy atom. The Bertz CT molecular complexity index is 373. The molecular formula is C14H20NO2+. The fourth-order valence-corrected chi connectivity index (χ4v) is 2.62. The number of hydrogen-bond donors (Lipinski definition) is 1. The number of hydrogen-bond acceptors (Lipinski definition) is 2. The molecule has 0 bridgehead atoms. The van der Waals surface area contributed by atoms with Crippen LogP contribution in [-0.2, 0) is 4.79 Å². The van der Waals surface area contributed by atoms with Gasteiger partial charge in [-0.1, -0.05) is 0 Å². The van der Waals surface area contributed by atoms with Gasteiger partial charge in [0.05, 0.1) is 6.10 Å². The van der Waals surface area contributed by atoms with Gasteiger partial charge in [0.2, 0.25) is 0 Å². The van der Waals surface area contributed by atoms with Crippen molar-refractivity contribution >= 4 is 11.5 Å². The van der Waals surface area contributed by atoms with E-state index < -0.39 is 0 Å². The Balaban J connectivity index is 2.21. The quantitative estimate of drug-likeness (QED) is 0.580. The van der Waals surface area contributed by atoms with Gasteiger partial charge in [0.25, 0.3) is 0 Å². The third-order valence-electron chi connectivity index (χ3n) is 3.41. The number of rotatable bonds is 2. The lowest BCUT2D eigenvalue weighted by Crippen LogP contribution is -2.37. The highest BCUT2D eigenvalue weighted by atomic mass is 16.3. The largest absolute Gasteiger partial charge is 0.393 e. The first-order valence-electron chi connectivity index (χ1n) is 6.38. The average Bonchev–Trinajstić information content (AvgIpc) is 2.30. The normalized spacial score (nSPS) is 26.5. The summed E-state index contributed by atoms with van der Waals surface area (Å²) >= 11 is 0. The summed E-state index contributed by atoms with van der Waals surface area (Å²) in [6.07, 6.45) is 11.1. The summed E-state index contributed by atoms with van der Waals surface area (Å²) in [5, 5.41) is 9.54. The van der Waals surface area contributed by atoms with E-state index in [-0.39, 0.29) is 11.9 Å². The number of allylic oxidation sites excluding steroid dienone is 4. The number of piperidine rings is 1. The SMILES string of the molecule is CC(O)C[C@H]1CCCC[N+]1=C1C=CC(=O)C=C1. The summed E-state index contributed by atoms with van der Waals surface area (Å²) in [6.45, 7) is 2.86. The van der Waals surface area contributed by atoms with Crippen LogP contribution in [0.25, 0.3) is 0 Å². The molecule has 17 heavy (non-hydrogen) atoms. The van der Waals surface area contributed by atoms with E-state index in [1.165, 1.54) is 12.8 Å². The van der Waals surface area contributed by atoms with Crippen molar-refractivity contribution in [1.82, 2.24) is 0 Å². The molecule has 0 aromatic carbocycles. The molecule has 2 rings (SSSR count). The van der Waals surface area contributed by atoms with Crippen LogP contribution >= 0.6 is 0 Å². The van der Waals surface area contributed by atoms with Gasteiger partial charge in [0.15, 0.2) is 17.5 Å². The van der Waals surface area contributed by atoms with Crippen molar-refractivity contribution in [2.75, 3.05) is 6.54 Å². The average molecular weight is 234 g/mol. The molecule has 0 aromatic heterocycles. The highest BCUT2D eigenvalue weighted by molar-refractivity contribution is 6.14. The van der Waals surface area contributed by atoms with Crippen LogP contribution in [0, 0.1) is 0 Å². The smallest absolute Gasteiger partial charge is 0.200 e. The molecule has 3 heteroatoms. The molecule has 1 heterocycles. The third kappa shape index (κ3) is 3.13. The Kier molecular flexibility index (Phi) is 3.89. The number of carbonyl (C=O) groups is 1. The molecule has 1 fully saturated rings. The summed E-state index contributed by atoms with van der Waals surface area (Å²) in [4.78, 5) is 11.1. The first-order chi connectivity index (χ1) is 8.16. The van der Waals surface area contributed by atoms with E-state index in [9.17, 15) is 9.90 Å². The fraction of sp³-hybridized carbons (Fsp3) is 0.571. The van der Waals surface area contributed by atoms with Gasteiger partial charge in [-0.05, 0) is 25.5 Å². The minimum Gasteiger partial charge on any atom is -0.393 e. The minimum absolute atomic E-state index is 0.0536. The third-order valence-corrected chi connectivity index (χ3v) is 3.41. The van der Waals surface area contributed by atoms with Crippen LogP contribution in [0.15, 0.2) is 24.3 Å². The number of aliphatic hydroxyl groups excluding tert-OH is 1. The first-order valence-corrected chi connectivity index (χ1v) is 6.38. The van der Waals surface area contributed by atoms with Crippen LogP contribution in [-0.4, -0.2) is 39.9 Å². The molecule has 0 spiro atoms. The maximum atomic E-state index is 11.1. The van der Waals surface area contributed by atoms with E-state index in [1.807, 2.05) is 19.1 Å². The molecule has 1 unspecified atom stereocenters. The second kappa shape index (κ2) is 5.41. The molecule has 1 aliphatic heterocycles. The van der Waals surface area contributed by atoms with Crippen LogP contribution < -0.4 is 0 Å². The zero-order valence-electron chi connectivity index (χ0n) is 10.3. The van der Waals surface area contributed by atoms with E-state index in [1.54, 1.807) is 12.2 Å². The van der Waals surface area contributed by atoms with Crippen LogP contribution in [0.5, 0.6) is 0 Å². The Labute approximate surface area is 102 Å². The van der Waals surface area contributed by atoms with Gasteiger partial charge < -0.3 is 5.11 Å². The molecule has 1 N–H and O–H groups in total. The maximum absolute atomic E-state index is 11.1. The number of carbonyl (C=O) groups excluding carboxylic acids is 1. The van der Waals surface area contributed by atoms with Crippen molar-refractivity contribution in [3.05, 3.63) is 24.3 Å². The van der Waals surface area contributed by atoms with Crippen molar-refractivity contribution < 1.29 is 14.5 Å². The van der Waals surface area contributed by atoms with Crippen molar-refractivity contribution in [1.29, 1.82) is 0 Å². The highest BCUT2D eigenvalue weighted by Gasteiger charge is 2.28. The van der Waals surface area contributed by atoms with E-state index in [0.29, 0.717) is 6.04 Å². The van der Waals surface area contributed by atoms with Gasteiger partial charge in [-0.15, -0.1) is 0 Å². The molecule has 0 amide bonds. The Morgan fingerprint density at radius 3 is 2.71 bits per heavy atom. The second-order valence-electron chi connectivity index (χ2n) is 4.92. The van der Waals surface area contributed by atoms with Crippen molar-refractivity contribution in [3.63, 3.8) is 0 Å². The predicted octanol–water partition coefficient (Wildman–Crippen LogP) is 1.46. The van der Waals surface area contributed by atoms with Gasteiger partial charge >= 0.3 is 0 Å². The van der Waals surface area contributed by atoms with Crippen LogP contribution in [0.4, 0.5) is 0 Å². The monoisotopic (exact) mass is 234 g/mol. The molecule has 2 atom stereocenters. The number of aliphatic hydroxyl groups is 1. The maximum Gasteiger partial charge on any atom is 0.200 e. The van der Waals surface area contributed by atoms with Gasteiger partial charge in [-0.3, -0.25) is 4.79 Å². The van der Waals surface area contributed by atoms with Crippen LogP contribution in [0.3, 0.4) is 0 Å². The highest BCUT2D eigenvalue weighted by Crippen LogP contribution is 2.18. The first kappa shape index (κ1) is 12.2. The fourth-order valence-electron chi connectivity index (χ4n) is 2.62. The zero-order valence-corrected chi connectivity index (χ0v) is 10.3. The van der Waals surface area contributed by atoms with E-state index in [2.05, 4.69) is 4.58 Å². The molecule has 0 radical (unpaired) electrons. The summed E-state index contributed by atoms with van der Waals surface area (Å²) < 4.78 is 2.33. The van der Waals surface area contributed by atoms with Crippen LogP contribution in [0.1, 0.15) is 32.6 Å². The lowest BCUT2D eigenvalue weighted by atomic mass is 9.97. The van der Waals surface area contributed by atoms with Crippen molar-refractivity contribution in [2.24, 2.45) is 0 Å². The number of ketones is 1. The van der Waals surface area contributed by atoms with Gasteiger partial charge in [-0.25, -0.2) is 4.58 Å². The Hall–Kier alpha value is -1.22. The second-order valence-corrected chi connectivity index (χ2v) is 4.92. The summed E-state index contributed by atoms with van der Waals surface area (Å²) in [6, 6.07) is 0.404. The molecule has 1 saturated heterocycles. The van der Waals surface area contributed by atoms with Gasteiger partial charge in [-0.2, -0.15) is 0 Å². The Morgan fingerprint density at radius 2 is 2.06 bits per heavy atom. The summed E-state index contributed by atoms with van der Waals surface area (Å²) in [7, 11) is 0. The molecule has 92 valence electrons. The van der Waals surface area contributed by atoms with Gasteiger partial charge in [0, 0.05) is 31.4 Å². The molecule has 3 nitrogen and oxygen atoms in total. The molecule has 2 aliphatic rings. The minimum atomic E-state index is -0.264. The predicted molar refractivity (Wildman–Crippen MR) is 67.4 cm³/mol. The van der Waals surface area contributed by atoms with E-state index in [0.717, 1.165) is 25.1 Å². The lowest BCUT2D eigenvalue weighted by Gasteiger charge is -2.23. The lowest BCUT2D eigenvalue weighted by molar-refractivity contribution is -0.577. The summed E-state index contributed by atoms with van der Waals surface area (Å²) in [5.41, 5.74) is 1.11. The molecule has 0 aromatic rings. The van der Waals surface area contributed by atoms with E-state index >= 15 is 0 Å². The standard InChI is InChI=1S/C14H20NO2/c1-11(16)10-13-4-2-3-9-15(13)12-5-7-14(17)8-6-12/h5-8,11,13,16H,2-4,9-10H2,1H3/q+1/t11?,13-/m1/s1. The van der Waals surface area contributed by atoms with E-state index in [4.69, 9.17) is 0 Å². The molecule has 1 aliphatic carbocycles. The zero-order chi connectivity index (χ0) is 12.3. The molecule has 0 saturated carbocycles.